The highest BCUT2D eigenvalue weighted by Crippen LogP contribution is 2.20. The monoisotopic (exact) mass is 410 g/mol. The van der Waals surface area contributed by atoms with Gasteiger partial charge in [0.25, 0.3) is 11.5 Å². The van der Waals surface area contributed by atoms with E-state index >= 15 is 0 Å². The van der Waals surface area contributed by atoms with Crippen LogP contribution in [0.2, 0.25) is 0 Å². The van der Waals surface area contributed by atoms with Gasteiger partial charge < -0.3 is 11.1 Å². The van der Waals surface area contributed by atoms with Crippen molar-refractivity contribution in [2.24, 2.45) is 11.7 Å². The highest BCUT2D eigenvalue weighted by molar-refractivity contribution is 7.99. The molecule has 0 bridgehead atoms. The topological polar surface area (TPSA) is 107 Å². The minimum atomic E-state index is -0.615. The van der Waals surface area contributed by atoms with E-state index < -0.39 is 5.91 Å². The third-order valence-corrected chi connectivity index (χ3v) is 5.15. The molecule has 150 valence electrons. The van der Waals surface area contributed by atoms with Gasteiger partial charge in [-0.15, -0.1) is 0 Å². The summed E-state index contributed by atoms with van der Waals surface area (Å²) in [7, 11) is 0. The summed E-state index contributed by atoms with van der Waals surface area (Å²) in [5, 5.41) is 3.74. The van der Waals surface area contributed by atoms with Crippen molar-refractivity contribution in [3.8, 4) is 0 Å². The Balaban J connectivity index is 1.84. The van der Waals surface area contributed by atoms with E-state index in [9.17, 15) is 14.4 Å². The molecule has 0 unspecified atom stereocenters. The number of rotatable bonds is 7. The molecule has 0 aliphatic heterocycles. The fraction of sp³-hybridized carbons (Fsp3) is 0.238. The molecule has 3 N–H and O–H groups in total. The third kappa shape index (κ3) is 4.83. The van der Waals surface area contributed by atoms with Gasteiger partial charge in [0.2, 0.25) is 5.91 Å². The Morgan fingerprint density at radius 3 is 2.55 bits per heavy atom. The number of hydrogen-bond donors (Lipinski definition) is 2. The lowest BCUT2D eigenvalue weighted by atomic mass is 10.1. The zero-order chi connectivity index (χ0) is 21.0. The second-order valence-corrected chi connectivity index (χ2v) is 7.91. The van der Waals surface area contributed by atoms with Crippen LogP contribution < -0.4 is 16.6 Å². The van der Waals surface area contributed by atoms with E-state index in [0.717, 1.165) is 0 Å². The quantitative estimate of drug-likeness (QED) is 0.460. The molecule has 8 heteroatoms. The van der Waals surface area contributed by atoms with Crippen molar-refractivity contribution in [3.63, 3.8) is 0 Å². The lowest BCUT2D eigenvalue weighted by molar-refractivity contribution is -0.113. The van der Waals surface area contributed by atoms with Crippen LogP contribution in [0, 0.1) is 5.92 Å². The second-order valence-electron chi connectivity index (χ2n) is 6.97. The van der Waals surface area contributed by atoms with E-state index in [-0.39, 0.29) is 28.7 Å². The number of hydrogen-bond acceptors (Lipinski definition) is 5. The molecule has 29 heavy (non-hydrogen) atoms. The van der Waals surface area contributed by atoms with Crippen molar-refractivity contribution in [2.45, 2.75) is 25.5 Å². The average molecular weight is 410 g/mol. The predicted molar refractivity (Wildman–Crippen MR) is 115 cm³/mol. The SMILES string of the molecule is CC(C)Cn1c(SCC(=O)Nc2ccccc2C(N)=O)nc2ccccc2c1=O. The van der Waals surface area contributed by atoms with Gasteiger partial charge >= 0.3 is 0 Å². The number of fused-ring (bicyclic) bond motifs is 1. The Kier molecular flexibility index (Phi) is 6.33. The van der Waals surface area contributed by atoms with E-state index in [1.54, 1.807) is 41.0 Å². The fourth-order valence-electron chi connectivity index (χ4n) is 2.91. The minimum Gasteiger partial charge on any atom is -0.366 e. The van der Waals surface area contributed by atoms with Crippen LogP contribution in [-0.4, -0.2) is 27.1 Å². The third-order valence-electron chi connectivity index (χ3n) is 4.17. The van der Waals surface area contributed by atoms with Gasteiger partial charge in [-0.05, 0) is 30.2 Å². The molecule has 0 spiro atoms. The van der Waals surface area contributed by atoms with E-state index in [1.165, 1.54) is 11.8 Å². The molecule has 0 radical (unpaired) electrons. The molecule has 3 rings (SSSR count). The van der Waals surface area contributed by atoms with Gasteiger partial charge in [-0.2, -0.15) is 0 Å². The van der Waals surface area contributed by atoms with Crippen molar-refractivity contribution in [1.29, 1.82) is 0 Å². The van der Waals surface area contributed by atoms with Gasteiger partial charge in [-0.25, -0.2) is 4.98 Å². The summed E-state index contributed by atoms with van der Waals surface area (Å²) in [5.41, 5.74) is 6.43. The van der Waals surface area contributed by atoms with Crippen molar-refractivity contribution < 1.29 is 9.59 Å². The number of amides is 2. The van der Waals surface area contributed by atoms with Crippen molar-refractivity contribution in [3.05, 3.63) is 64.4 Å². The van der Waals surface area contributed by atoms with Gasteiger partial charge in [0.1, 0.15) is 0 Å². The number of carbonyl (C=O) groups excluding carboxylic acids is 2. The zero-order valence-corrected chi connectivity index (χ0v) is 17.0. The Morgan fingerprint density at radius 1 is 1.14 bits per heavy atom. The molecule has 0 atom stereocenters. The Bertz CT molecular complexity index is 1120. The Hall–Kier alpha value is -3.13. The average Bonchev–Trinajstić information content (AvgIpc) is 2.69. The molecule has 0 aliphatic carbocycles. The Morgan fingerprint density at radius 2 is 1.83 bits per heavy atom. The number of benzene rings is 2. The van der Waals surface area contributed by atoms with Crippen LogP contribution in [-0.2, 0) is 11.3 Å². The lowest BCUT2D eigenvalue weighted by Gasteiger charge is -2.15. The smallest absolute Gasteiger partial charge is 0.262 e. The van der Waals surface area contributed by atoms with Crippen LogP contribution in [0.1, 0.15) is 24.2 Å². The fourth-order valence-corrected chi connectivity index (χ4v) is 3.72. The van der Waals surface area contributed by atoms with E-state index in [4.69, 9.17) is 5.73 Å². The van der Waals surface area contributed by atoms with Crippen LogP contribution in [0.15, 0.2) is 58.5 Å². The van der Waals surface area contributed by atoms with Gasteiger partial charge in [-0.3, -0.25) is 19.0 Å². The summed E-state index contributed by atoms with van der Waals surface area (Å²) < 4.78 is 1.61. The summed E-state index contributed by atoms with van der Waals surface area (Å²) in [6.45, 7) is 4.54. The van der Waals surface area contributed by atoms with Gasteiger partial charge in [0, 0.05) is 6.54 Å². The highest BCUT2D eigenvalue weighted by atomic mass is 32.2. The zero-order valence-electron chi connectivity index (χ0n) is 16.2. The maximum absolute atomic E-state index is 12.9. The minimum absolute atomic E-state index is 0.0377. The Labute approximate surface area is 172 Å². The van der Waals surface area contributed by atoms with Crippen LogP contribution in [0.25, 0.3) is 10.9 Å². The van der Waals surface area contributed by atoms with Crippen LogP contribution in [0.5, 0.6) is 0 Å². The number of nitrogens with two attached hydrogens (primary N) is 1. The first-order valence-corrected chi connectivity index (χ1v) is 10.2. The first-order chi connectivity index (χ1) is 13.9. The lowest BCUT2D eigenvalue weighted by Crippen LogP contribution is -2.26. The van der Waals surface area contributed by atoms with E-state index in [0.29, 0.717) is 28.3 Å². The number of nitrogens with one attached hydrogen (secondary N) is 1. The summed E-state index contributed by atoms with van der Waals surface area (Å²) in [6.07, 6.45) is 0. The molecule has 3 aromatic rings. The van der Waals surface area contributed by atoms with Crippen molar-refractivity contribution in [2.75, 3.05) is 11.1 Å². The standard InChI is InChI=1S/C21H22N4O3S/c1-13(2)11-25-20(28)15-8-4-6-10-17(15)24-21(25)29-12-18(26)23-16-9-5-3-7-14(16)19(22)27/h3-10,13H,11-12H2,1-2H3,(H2,22,27)(H,23,26). The van der Waals surface area contributed by atoms with Gasteiger partial charge in [0.05, 0.1) is 27.9 Å². The van der Waals surface area contributed by atoms with Crippen LogP contribution in [0.4, 0.5) is 5.69 Å². The maximum atomic E-state index is 12.9. The van der Waals surface area contributed by atoms with E-state index in [2.05, 4.69) is 10.3 Å². The number of thioether (sulfide) groups is 1. The second kappa shape index (κ2) is 8.91. The predicted octanol–water partition coefficient (Wildman–Crippen LogP) is 2.88. The van der Waals surface area contributed by atoms with Crippen LogP contribution in [0.3, 0.4) is 0 Å². The molecule has 1 heterocycles. The van der Waals surface area contributed by atoms with Crippen molar-refractivity contribution >= 4 is 40.2 Å². The molecule has 0 fully saturated rings. The number of nitrogens with zero attached hydrogens (tertiary/aromatic N) is 2. The van der Waals surface area contributed by atoms with Gasteiger partial charge in [-0.1, -0.05) is 49.9 Å². The summed E-state index contributed by atoms with van der Waals surface area (Å²) in [5.74, 6) is -0.653. The molecule has 1 aromatic heterocycles. The first kappa shape index (κ1) is 20.6. The molecular formula is C21H22N4O3S. The normalized spacial score (nSPS) is 11.0. The highest BCUT2D eigenvalue weighted by Gasteiger charge is 2.15. The number of aromatic nitrogens is 2. The summed E-state index contributed by atoms with van der Waals surface area (Å²) in [4.78, 5) is 41.4. The molecule has 0 saturated heterocycles. The molecule has 0 saturated carbocycles. The summed E-state index contributed by atoms with van der Waals surface area (Å²) in [6, 6.07) is 13.7. The molecule has 2 amide bonds. The molecule has 2 aromatic carbocycles. The first-order valence-electron chi connectivity index (χ1n) is 9.18. The molecule has 0 aliphatic rings. The maximum Gasteiger partial charge on any atom is 0.262 e. The number of anilines is 1. The number of primary amides is 1. The summed E-state index contributed by atoms with van der Waals surface area (Å²) >= 11 is 1.18. The molecule has 7 nitrogen and oxygen atoms in total. The molecular weight excluding hydrogens is 388 g/mol. The number of carbonyl (C=O) groups is 2. The van der Waals surface area contributed by atoms with Crippen LogP contribution >= 0.6 is 11.8 Å². The largest absolute Gasteiger partial charge is 0.366 e. The van der Waals surface area contributed by atoms with E-state index in [1.807, 2.05) is 26.0 Å². The number of para-hydroxylation sites is 2. The van der Waals surface area contributed by atoms with Crippen molar-refractivity contribution in [1.82, 2.24) is 9.55 Å². The van der Waals surface area contributed by atoms with Gasteiger partial charge in [0.15, 0.2) is 5.16 Å².